The number of quaternary nitrogens is 2. The number of aromatic nitrogens is 2. The number of nitrogens with two attached hydrogens (primary N) is 1. The van der Waals surface area contributed by atoms with Gasteiger partial charge in [0.25, 0.3) is 0 Å². The minimum atomic E-state index is 0.0343. The zero-order valence-corrected chi connectivity index (χ0v) is 13.5. The highest BCUT2D eigenvalue weighted by molar-refractivity contribution is 5.76. The molecular formula is C16H26N4O2+2. The average molecular weight is 306 g/mol. The first-order chi connectivity index (χ1) is 10.7. The molecule has 3 N–H and O–H groups in total. The van der Waals surface area contributed by atoms with Crippen LogP contribution in [-0.2, 0) is 25.4 Å². The van der Waals surface area contributed by atoms with Gasteiger partial charge in [-0.05, 0) is 12.1 Å². The first-order valence-electron chi connectivity index (χ1n) is 8.04. The highest BCUT2D eigenvalue weighted by Crippen LogP contribution is 2.13. The van der Waals surface area contributed by atoms with Crippen LogP contribution in [0, 0.1) is 0 Å². The van der Waals surface area contributed by atoms with Crippen LogP contribution >= 0.6 is 0 Å². The van der Waals surface area contributed by atoms with Gasteiger partial charge >= 0.3 is 5.69 Å². The smallest absolute Gasteiger partial charge is 0.328 e. The zero-order valence-electron chi connectivity index (χ0n) is 13.5. The molecule has 1 aromatic heterocycles. The highest BCUT2D eigenvalue weighted by atomic mass is 16.5. The van der Waals surface area contributed by atoms with Crippen LogP contribution in [-0.4, -0.2) is 48.5 Å². The van der Waals surface area contributed by atoms with Gasteiger partial charge in [0.1, 0.15) is 32.7 Å². The molecule has 1 fully saturated rings. The molecule has 2 aromatic rings. The quantitative estimate of drug-likeness (QED) is 0.619. The normalized spacial score (nSPS) is 16.5. The molecule has 0 radical (unpaired) electrons. The van der Waals surface area contributed by atoms with Gasteiger partial charge in [-0.2, -0.15) is 0 Å². The summed E-state index contributed by atoms with van der Waals surface area (Å²) in [4.78, 5) is 13.6. The molecule has 1 saturated heterocycles. The van der Waals surface area contributed by atoms with E-state index in [1.165, 1.54) is 12.1 Å². The standard InChI is InChI=1S/C16H24N4O2/c1-18-14-4-3-13(11-15(14)19(2)16(18)21)12-17-5-6-20-7-9-22-10-8-20/h3-4,11,17H,5-10,12H2,1-2H3/p+2. The van der Waals surface area contributed by atoms with E-state index in [0.29, 0.717) is 0 Å². The summed E-state index contributed by atoms with van der Waals surface area (Å²) in [5, 5.41) is 2.35. The minimum absolute atomic E-state index is 0.0343. The van der Waals surface area contributed by atoms with Crippen LogP contribution in [0.15, 0.2) is 23.0 Å². The Balaban J connectivity index is 1.57. The van der Waals surface area contributed by atoms with Gasteiger partial charge in [-0.1, -0.05) is 6.07 Å². The summed E-state index contributed by atoms with van der Waals surface area (Å²) in [6.07, 6.45) is 0. The monoisotopic (exact) mass is 306 g/mol. The predicted octanol–water partition coefficient (Wildman–Crippen LogP) is -2.14. The molecule has 22 heavy (non-hydrogen) atoms. The lowest BCUT2D eigenvalue weighted by Gasteiger charge is -2.22. The Hall–Kier alpha value is -1.63. The van der Waals surface area contributed by atoms with Gasteiger partial charge in [-0.25, -0.2) is 4.79 Å². The number of nitrogens with one attached hydrogen (secondary N) is 1. The van der Waals surface area contributed by atoms with Crippen LogP contribution in [0.2, 0.25) is 0 Å². The largest absolute Gasteiger partial charge is 0.370 e. The summed E-state index contributed by atoms with van der Waals surface area (Å²) >= 11 is 0. The average Bonchev–Trinajstić information content (AvgIpc) is 2.77. The Morgan fingerprint density at radius 3 is 2.68 bits per heavy atom. The maximum Gasteiger partial charge on any atom is 0.328 e. The number of aryl methyl sites for hydroxylation is 2. The maximum atomic E-state index is 11.9. The fourth-order valence-electron chi connectivity index (χ4n) is 3.16. The molecule has 6 heteroatoms. The van der Waals surface area contributed by atoms with E-state index in [2.05, 4.69) is 17.4 Å². The molecule has 0 atom stereocenters. The van der Waals surface area contributed by atoms with E-state index in [1.54, 1.807) is 14.0 Å². The fourth-order valence-corrected chi connectivity index (χ4v) is 3.16. The van der Waals surface area contributed by atoms with Gasteiger partial charge in [-0.15, -0.1) is 0 Å². The third-order valence-corrected chi connectivity index (χ3v) is 4.62. The SMILES string of the molecule is Cn1c(=O)n(C)c2cc(C[NH2+]CC[NH+]3CCOCC3)ccc21. The van der Waals surface area contributed by atoms with E-state index in [1.807, 2.05) is 20.2 Å². The summed E-state index contributed by atoms with van der Waals surface area (Å²) in [5.41, 5.74) is 3.31. The minimum Gasteiger partial charge on any atom is -0.370 e. The summed E-state index contributed by atoms with van der Waals surface area (Å²) in [6.45, 7) is 7.33. The summed E-state index contributed by atoms with van der Waals surface area (Å²) < 4.78 is 8.80. The molecule has 0 unspecified atom stereocenters. The van der Waals surface area contributed by atoms with E-state index < -0.39 is 0 Å². The van der Waals surface area contributed by atoms with Crippen molar-refractivity contribution in [1.29, 1.82) is 0 Å². The molecule has 0 spiro atoms. The summed E-state index contributed by atoms with van der Waals surface area (Å²) in [5.74, 6) is 0. The lowest BCUT2D eigenvalue weighted by atomic mass is 10.2. The van der Waals surface area contributed by atoms with Crippen LogP contribution < -0.4 is 15.9 Å². The Morgan fingerprint density at radius 2 is 1.91 bits per heavy atom. The highest BCUT2D eigenvalue weighted by Gasteiger charge is 2.14. The van der Waals surface area contributed by atoms with Crippen LogP contribution in [0.3, 0.4) is 0 Å². The molecule has 0 amide bonds. The fraction of sp³-hybridized carbons (Fsp3) is 0.562. The third kappa shape index (κ3) is 3.09. The number of benzene rings is 1. The van der Waals surface area contributed by atoms with Crippen molar-refractivity contribution in [1.82, 2.24) is 9.13 Å². The number of imidazole rings is 1. The Bertz CT molecular complexity index is 698. The topological polar surface area (TPSA) is 57.2 Å². The lowest BCUT2D eigenvalue weighted by molar-refractivity contribution is -0.920. The van der Waals surface area contributed by atoms with Crippen molar-refractivity contribution in [2.24, 2.45) is 14.1 Å². The number of hydrogen-bond acceptors (Lipinski definition) is 2. The molecule has 0 saturated carbocycles. The Morgan fingerprint density at radius 1 is 1.18 bits per heavy atom. The van der Waals surface area contributed by atoms with E-state index in [-0.39, 0.29) is 5.69 Å². The van der Waals surface area contributed by atoms with Gasteiger partial charge in [0.05, 0.1) is 24.2 Å². The number of fused-ring (bicyclic) bond motifs is 1. The number of nitrogens with zero attached hydrogens (tertiary/aromatic N) is 2. The van der Waals surface area contributed by atoms with Crippen molar-refractivity contribution >= 4 is 11.0 Å². The van der Waals surface area contributed by atoms with Gasteiger partial charge < -0.3 is 15.0 Å². The first-order valence-corrected chi connectivity index (χ1v) is 8.04. The van der Waals surface area contributed by atoms with E-state index >= 15 is 0 Å². The van der Waals surface area contributed by atoms with Crippen LogP contribution in [0.5, 0.6) is 0 Å². The molecule has 0 aliphatic carbocycles. The molecule has 3 rings (SSSR count). The molecule has 1 aliphatic rings. The number of morpholine rings is 1. The van der Waals surface area contributed by atoms with Gasteiger partial charge in [-0.3, -0.25) is 9.13 Å². The van der Waals surface area contributed by atoms with E-state index in [9.17, 15) is 4.79 Å². The molecule has 2 heterocycles. The molecule has 1 aromatic carbocycles. The van der Waals surface area contributed by atoms with Crippen molar-refractivity contribution < 1.29 is 15.0 Å². The molecule has 6 nitrogen and oxygen atoms in total. The van der Waals surface area contributed by atoms with Gasteiger partial charge in [0.15, 0.2) is 0 Å². The van der Waals surface area contributed by atoms with Crippen LogP contribution in [0.25, 0.3) is 11.0 Å². The number of hydrogen-bond donors (Lipinski definition) is 2. The lowest BCUT2D eigenvalue weighted by Crippen LogP contribution is -3.16. The molecular weight excluding hydrogens is 280 g/mol. The molecule has 1 aliphatic heterocycles. The summed E-state index contributed by atoms with van der Waals surface area (Å²) in [6, 6.07) is 6.31. The number of ether oxygens (including phenoxy) is 1. The third-order valence-electron chi connectivity index (χ3n) is 4.62. The second kappa shape index (κ2) is 6.64. The first kappa shape index (κ1) is 15.3. The van der Waals surface area contributed by atoms with Gasteiger partial charge in [0.2, 0.25) is 0 Å². The maximum absolute atomic E-state index is 11.9. The second-order valence-electron chi connectivity index (χ2n) is 6.12. The Kier molecular flexibility index (Phi) is 4.61. The zero-order chi connectivity index (χ0) is 15.5. The Labute approximate surface area is 130 Å². The second-order valence-corrected chi connectivity index (χ2v) is 6.12. The van der Waals surface area contributed by atoms with Crippen molar-refractivity contribution in [2.75, 3.05) is 39.4 Å². The van der Waals surface area contributed by atoms with Crippen molar-refractivity contribution in [3.05, 3.63) is 34.2 Å². The van der Waals surface area contributed by atoms with Crippen molar-refractivity contribution in [2.45, 2.75) is 6.54 Å². The van der Waals surface area contributed by atoms with Crippen molar-refractivity contribution in [3.8, 4) is 0 Å². The van der Waals surface area contributed by atoms with E-state index in [4.69, 9.17) is 4.74 Å². The molecule has 0 bridgehead atoms. The molecule has 120 valence electrons. The van der Waals surface area contributed by atoms with Crippen LogP contribution in [0.4, 0.5) is 0 Å². The van der Waals surface area contributed by atoms with Gasteiger partial charge in [0, 0.05) is 19.7 Å². The van der Waals surface area contributed by atoms with E-state index in [0.717, 1.165) is 50.4 Å². The summed E-state index contributed by atoms with van der Waals surface area (Å²) in [7, 11) is 3.65. The van der Waals surface area contributed by atoms with Crippen molar-refractivity contribution in [3.63, 3.8) is 0 Å². The predicted molar refractivity (Wildman–Crippen MR) is 85.0 cm³/mol. The number of rotatable bonds is 5. The van der Waals surface area contributed by atoms with Crippen LogP contribution in [0.1, 0.15) is 5.56 Å².